The zero-order valence-corrected chi connectivity index (χ0v) is 35.2. The molecule has 3 unspecified atom stereocenters. The van der Waals surface area contributed by atoms with Gasteiger partial charge in [-0.1, -0.05) is 147 Å². The minimum absolute atomic E-state index is 0.00706. The van der Waals surface area contributed by atoms with E-state index in [2.05, 4.69) is 50.3 Å². The summed E-state index contributed by atoms with van der Waals surface area (Å²) in [5.41, 5.74) is 5.35. The van der Waals surface area contributed by atoms with Crippen LogP contribution in [0.15, 0.2) is 36.5 Å². The number of carboxylic acid groups (broad SMARTS) is 1. The molecule has 0 saturated carbocycles. The van der Waals surface area contributed by atoms with Gasteiger partial charge in [0.2, 0.25) is 0 Å². The summed E-state index contributed by atoms with van der Waals surface area (Å²) in [4.78, 5) is 33.5. The first-order valence-corrected chi connectivity index (χ1v) is 23.0. The highest BCUT2D eigenvalue weighted by molar-refractivity contribution is 7.47. The highest BCUT2D eigenvalue weighted by Gasteiger charge is 2.27. The quantitative estimate of drug-likeness (QED) is 0.0236. The van der Waals surface area contributed by atoms with E-state index < -0.39 is 45.1 Å². The van der Waals surface area contributed by atoms with Gasteiger partial charge in [0.25, 0.3) is 0 Å². The van der Waals surface area contributed by atoms with E-state index in [1.807, 2.05) is 0 Å². The molecule has 4 N–H and O–H groups in total. The van der Waals surface area contributed by atoms with Gasteiger partial charge >= 0.3 is 19.8 Å². The zero-order chi connectivity index (χ0) is 39.8. The van der Waals surface area contributed by atoms with Crippen LogP contribution in [-0.4, -0.2) is 60.5 Å². The van der Waals surface area contributed by atoms with E-state index in [1.54, 1.807) is 0 Å². The van der Waals surface area contributed by atoms with Crippen LogP contribution in [0.4, 0.5) is 0 Å². The number of hydrogen-bond donors (Lipinski definition) is 3. The third-order valence-corrected chi connectivity index (χ3v) is 10.1. The second-order valence-electron chi connectivity index (χ2n) is 14.5. The van der Waals surface area contributed by atoms with Crippen molar-refractivity contribution in [2.45, 2.75) is 199 Å². The molecule has 3 atom stereocenters. The molecule has 0 aliphatic rings. The number of phosphoric ester groups is 1. The van der Waals surface area contributed by atoms with E-state index in [9.17, 15) is 19.0 Å². The third-order valence-electron chi connectivity index (χ3n) is 9.14. The van der Waals surface area contributed by atoms with Crippen molar-refractivity contribution in [1.29, 1.82) is 0 Å². The number of unbranched alkanes of at least 4 members (excludes halogenated alkanes) is 21. The van der Waals surface area contributed by atoms with Crippen LogP contribution in [0.5, 0.6) is 0 Å². The first-order chi connectivity index (χ1) is 26.2. The van der Waals surface area contributed by atoms with Gasteiger partial charge in [-0.3, -0.25) is 18.6 Å². The first kappa shape index (κ1) is 52.2. The standard InChI is InChI=1S/C43H80NO9P/c1-3-5-7-9-11-13-15-17-19-21-23-25-27-29-31-33-35-42(45)53-40(38-51-54(48,49)52-39-41(44)43(46)47)37-50-36-34-32-30-28-26-24-22-20-18-16-14-12-10-8-6-4-2/h12,14,18-21,40-41H,3-11,13,15-17,22-39,44H2,1-2H3,(H,46,47)(H,48,49)/b14-12-,20-18-,21-19-. The van der Waals surface area contributed by atoms with Crippen LogP contribution in [0.2, 0.25) is 0 Å². The number of rotatable bonds is 41. The maximum atomic E-state index is 12.6. The molecule has 316 valence electrons. The molecule has 0 radical (unpaired) electrons. The van der Waals surface area contributed by atoms with E-state index in [4.69, 9.17) is 29.4 Å². The Kier molecular flexibility index (Phi) is 38.1. The molecular weight excluding hydrogens is 705 g/mol. The fraction of sp³-hybridized carbons (Fsp3) is 0.814. The lowest BCUT2D eigenvalue weighted by molar-refractivity contribution is -0.154. The molecule has 0 amide bonds. The number of esters is 1. The van der Waals surface area contributed by atoms with Crippen molar-refractivity contribution >= 4 is 19.8 Å². The van der Waals surface area contributed by atoms with Crippen LogP contribution in [0, 0.1) is 0 Å². The minimum atomic E-state index is -4.62. The molecule has 0 aliphatic carbocycles. The highest BCUT2D eigenvalue weighted by Crippen LogP contribution is 2.43. The molecule has 0 bridgehead atoms. The second kappa shape index (κ2) is 39.4. The van der Waals surface area contributed by atoms with E-state index in [-0.39, 0.29) is 13.0 Å². The number of nitrogens with two attached hydrogens (primary N) is 1. The van der Waals surface area contributed by atoms with E-state index in [0.717, 1.165) is 64.2 Å². The molecule has 0 rings (SSSR count). The number of carbonyl (C=O) groups excluding carboxylic acids is 1. The number of ether oxygens (including phenoxy) is 2. The van der Waals surface area contributed by atoms with Crippen LogP contribution >= 0.6 is 7.82 Å². The molecule has 0 fully saturated rings. The van der Waals surface area contributed by atoms with E-state index in [0.29, 0.717) is 13.0 Å². The van der Waals surface area contributed by atoms with Crippen molar-refractivity contribution in [1.82, 2.24) is 0 Å². The van der Waals surface area contributed by atoms with E-state index in [1.165, 1.54) is 96.3 Å². The predicted molar refractivity (Wildman–Crippen MR) is 221 cm³/mol. The minimum Gasteiger partial charge on any atom is -0.480 e. The lowest BCUT2D eigenvalue weighted by atomic mass is 10.1. The van der Waals surface area contributed by atoms with Crippen molar-refractivity contribution in [2.75, 3.05) is 26.4 Å². The topological polar surface area (TPSA) is 155 Å². The summed E-state index contributed by atoms with van der Waals surface area (Å²) in [6.07, 6.45) is 43.3. The van der Waals surface area contributed by atoms with Gasteiger partial charge in [-0.15, -0.1) is 0 Å². The summed E-state index contributed by atoms with van der Waals surface area (Å²) in [6, 6.07) is -1.48. The summed E-state index contributed by atoms with van der Waals surface area (Å²) < 4.78 is 33.3. The first-order valence-electron chi connectivity index (χ1n) is 21.5. The van der Waals surface area contributed by atoms with Gasteiger partial charge < -0.3 is 25.2 Å². The fourth-order valence-electron chi connectivity index (χ4n) is 5.75. The molecule has 0 spiro atoms. The second-order valence-corrected chi connectivity index (χ2v) is 15.9. The average Bonchev–Trinajstić information content (AvgIpc) is 3.15. The molecular formula is C43H80NO9P. The molecule has 0 saturated heterocycles. The van der Waals surface area contributed by atoms with Crippen molar-refractivity contribution in [3.05, 3.63) is 36.5 Å². The van der Waals surface area contributed by atoms with Crippen molar-refractivity contribution < 1.29 is 42.7 Å². The van der Waals surface area contributed by atoms with Crippen LogP contribution in [0.3, 0.4) is 0 Å². The number of allylic oxidation sites excluding steroid dienone is 6. The van der Waals surface area contributed by atoms with Crippen molar-refractivity contribution in [3.8, 4) is 0 Å². The van der Waals surface area contributed by atoms with Crippen LogP contribution < -0.4 is 5.73 Å². The Bertz CT molecular complexity index is 1000. The predicted octanol–water partition coefficient (Wildman–Crippen LogP) is 11.7. The molecule has 54 heavy (non-hydrogen) atoms. The summed E-state index contributed by atoms with van der Waals surface area (Å²) in [7, 11) is -4.62. The lowest BCUT2D eigenvalue weighted by Gasteiger charge is -2.20. The maximum Gasteiger partial charge on any atom is 0.472 e. The summed E-state index contributed by atoms with van der Waals surface area (Å²) in [5.74, 6) is -1.79. The Morgan fingerprint density at radius 3 is 1.56 bits per heavy atom. The number of phosphoric acid groups is 1. The molecule has 0 aromatic carbocycles. The monoisotopic (exact) mass is 786 g/mol. The lowest BCUT2D eigenvalue weighted by Crippen LogP contribution is -2.34. The molecule has 0 aliphatic heterocycles. The van der Waals surface area contributed by atoms with Crippen LogP contribution in [0.1, 0.15) is 187 Å². The highest BCUT2D eigenvalue weighted by atomic mass is 31.2. The Morgan fingerprint density at radius 1 is 0.593 bits per heavy atom. The maximum absolute atomic E-state index is 12.6. The molecule has 0 aromatic rings. The normalized spacial score (nSPS) is 14.3. The van der Waals surface area contributed by atoms with Crippen molar-refractivity contribution in [2.24, 2.45) is 5.73 Å². The number of aliphatic carboxylic acids is 1. The fourth-order valence-corrected chi connectivity index (χ4v) is 6.52. The van der Waals surface area contributed by atoms with E-state index >= 15 is 0 Å². The molecule has 11 heteroatoms. The van der Waals surface area contributed by atoms with Gasteiger partial charge in [0.15, 0.2) is 0 Å². The van der Waals surface area contributed by atoms with Crippen LogP contribution in [-0.2, 0) is 32.7 Å². The Balaban J connectivity index is 4.28. The number of carboxylic acids is 1. The molecule has 10 nitrogen and oxygen atoms in total. The number of carbonyl (C=O) groups is 2. The smallest absolute Gasteiger partial charge is 0.472 e. The zero-order valence-electron chi connectivity index (χ0n) is 34.3. The summed E-state index contributed by atoms with van der Waals surface area (Å²) >= 11 is 0. The van der Waals surface area contributed by atoms with Crippen LogP contribution in [0.25, 0.3) is 0 Å². The largest absolute Gasteiger partial charge is 0.480 e. The van der Waals surface area contributed by atoms with Gasteiger partial charge in [-0.25, -0.2) is 4.57 Å². The third kappa shape index (κ3) is 38.5. The molecule has 0 aromatic heterocycles. The summed E-state index contributed by atoms with van der Waals surface area (Å²) in [6.45, 7) is 3.82. The Hall–Kier alpha value is -1.81. The Labute approximate surface area is 329 Å². The SMILES string of the molecule is CCCCC/C=C\C/C=C\CCCCCCCCOCC(COP(=O)(O)OCC(N)C(=O)O)OC(=O)CCCCCCC/C=C\CCCCCCCCC. The van der Waals surface area contributed by atoms with Gasteiger partial charge in [-0.2, -0.15) is 0 Å². The molecule has 0 heterocycles. The van der Waals surface area contributed by atoms with Crippen molar-refractivity contribution in [3.63, 3.8) is 0 Å². The summed E-state index contributed by atoms with van der Waals surface area (Å²) in [5, 5.41) is 8.89. The average molecular weight is 786 g/mol. The van der Waals surface area contributed by atoms with Gasteiger partial charge in [0, 0.05) is 13.0 Å². The van der Waals surface area contributed by atoms with Gasteiger partial charge in [0.05, 0.1) is 19.8 Å². The Morgan fingerprint density at radius 2 is 1.02 bits per heavy atom. The van der Waals surface area contributed by atoms with Gasteiger partial charge in [0.1, 0.15) is 12.1 Å². The number of hydrogen-bond acceptors (Lipinski definition) is 8. The van der Waals surface area contributed by atoms with Gasteiger partial charge in [-0.05, 0) is 70.6 Å².